The highest BCUT2D eigenvalue weighted by Crippen LogP contribution is 2.33. The van der Waals surface area contributed by atoms with Crippen LogP contribution < -0.4 is 5.32 Å². The van der Waals surface area contributed by atoms with Gasteiger partial charge in [0.15, 0.2) is 0 Å². The molecule has 0 saturated carbocycles. The van der Waals surface area contributed by atoms with E-state index in [1.807, 2.05) is 0 Å². The van der Waals surface area contributed by atoms with Gasteiger partial charge < -0.3 is 5.32 Å². The van der Waals surface area contributed by atoms with Crippen molar-refractivity contribution in [3.8, 4) is 0 Å². The first-order valence-corrected chi connectivity index (χ1v) is 8.18. The van der Waals surface area contributed by atoms with Gasteiger partial charge in [0.1, 0.15) is 0 Å². The molecule has 1 fully saturated rings. The topological polar surface area (TPSA) is 49.4 Å². The third kappa shape index (κ3) is 3.75. The SMILES string of the molecule is CC1CNCCN1S(=O)(=O)Cc1ccccc1C(F)(F)F. The van der Waals surface area contributed by atoms with Crippen LogP contribution in [0.5, 0.6) is 0 Å². The number of nitrogens with one attached hydrogen (secondary N) is 1. The summed E-state index contributed by atoms with van der Waals surface area (Å²) < 4.78 is 64.8. The number of rotatable bonds is 3. The Balaban J connectivity index is 2.29. The predicted octanol–water partition coefficient (Wildman–Crippen LogP) is 1.83. The quantitative estimate of drug-likeness (QED) is 0.924. The fraction of sp³-hybridized carbons (Fsp3) is 0.538. The monoisotopic (exact) mass is 322 g/mol. The third-order valence-corrected chi connectivity index (χ3v) is 5.39. The maximum absolute atomic E-state index is 12.9. The van der Waals surface area contributed by atoms with E-state index in [9.17, 15) is 21.6 Å². The molecule has 2 rings (SSSR count). The molecule has 1 aliphatic heterocycles. The smallest absolute Gasteiger partial charge is 0.314 e. The number of hydrogen-bond donors (Lipinski definition) is 1. The summed E-state index contributed by atoms with van der Waals surface area (Å²) >= 11 is 0. The van der Waals surface area contributed by atoms with E-state index >= 15 is 0 Å². The van der Waals surface area contributed by atoms with Crippen molar-refractivity contribution in [3.05, 3.63) is 35.4 Å². The van der Waals surface area contributed by atoms with E-state index in [1.54, 1.807) is 6.92 Å². The zero-order valence-electron chi connectivity index (χ0n) is 11.5. The highest BCUT2D eigenvalue weighted by atomic mass is 32.2. The molecule has 21 heavy (non-hydrogen) atoms. The Morgan fingerprint density at radius 2 is 2.00 bits per heavy atom. The van der Waals surface area contributed by atoms with Crippen LogP contribution in [0.2, 0.25) is 0 Å². The van der Waals surface area contributed by atoms with Crippen molar-refractivity contribution in [1.29, 1.82) is 0 Å². The molecule has 0 amide bonds. The lowest BCUT2D eigenvalue weighted by molar-refractivity contribution is -0.138. The molecule has 0 aliphatic carbocycles. The number of piperazine rings is 1. The number of hydrogen-bond acceptors (Lipinski definition) is 3. The molecule has 1 unspecified atom stereocenters. The average Bonchev–Trinajstić information content (AvgIpc) is 2.38. The molecular weight excluding hydrogens is 305 g/mol. The van der Waals surface area contributed by atoms with Crippen LogP contribution in [0, 0.1) is 0 Å². The molecule has 0 aromatic heterocycles. The van der Waals surface area contributed by atoms with Gasteiger partial charge in [-0.05, 0) is 18.6 Å². The molecule has 1 aliphatic rings. The van der Waals surface area contributed by atoms with Crippen molar-refractivity contribution in [3.63, 3.8) is 0 Å². The van der Waals surface area contributed by atoms with Gasteiger partial charge >= 0.3 is 6.18 Å². The Kier molecular flexibility index (Phi) is 4.60. The number of alkyl halides is 3. The van der Waals surface area contributed by atoms with E-state index in [1.165, 1.54) is 22.5 Å². The summed E-state index contributed by atoms with van der Waals surface area (Å²) in [5, 5.41) is 3.05. The Labute approximate surface area is 122 Å². The van der Waals surface area contributed by atoms with E-state index < -0.39 is 27.5 Å². The Morgan fingerprint density at radius 1 is 1.33 bits per heavy atom. The highest BCUT2D eigenvalue weighted by molar-refractivity contribution is 7.88. The molecule has 0 radical (unpaired) electrons. The second-order valence-electron chi connectivity index (χ2n) is 5.07. The first-order chi connectivity index (χ1) is 9.72. The molecule has 1 N–H and O–H groups in total. The maximum atomic E-state index is 12.9. The van der Waals surface area contributed by atoms with Crippen LogP contribution in [0.4, 0.5) is 13.2 Å². The van der Waals surface area contributed by atoms with Crippen LogP contribution in [0.15, 0.2) is 24.3 Å². The summed E-state index contributed by atoms with van der Waals surface area (Å²) in [7, 11) is -3.78. The highest BCUT2D eigenvalue weighted by Gasteiger charge is 2.36. The molecule has 8 heteroatoms. The molecule has 1 aromatic rings. The van der Waals surface area contributed by atoms with Crippen LogP contribution in [-0.4, -0.2) is 38.4 Å². The van der Waals surface area contributed by atoms with Crippen LogP contribution in [0.25, 0.3) is 0 Å². The lowest BCUT2D eigenvalue weighted by Crippen LogP contribution is -2.52. The Morgan fingerprint density at radius 3 is 2.62 bits per heavy atom. The van der Waals surface area contributed by atoms with Gasteiger partial charge in [0.25, 0.3) is 0 Å². The molecule has 4 nitrogen and oxygen atoms in total. The molecule has 1 aromatic carbocycles. The molecule has 1 atom stereocenters. The second kappa shape index (κ2) is 5.94. The zero-order chi connectivity index (χ0) is 15.7. The fourth-order valence-corrected chi connectivity index (χ4v) is 4.24. The minimum Gasteiger partial charge on any atom is -0.314 e. The van der Waals surface area contributed by atoms with Gasteiger partial charge in [-0.25, -0.2) is 8.42 Å². The Hall–Kier alpha value is -1.12. The van der Waals surface area contributed by atoms with Crippen LogP contribution in [-0.2, 0) is 22.0 Å². The van der Waals surface area contributed by atoms with E-state index in [0.717, 1.165) is 6.07 Å². The summed E-state index contributed by atoms with van der Waals surface area (Å²) in [6.07, 6.45) is -4.55. The number of sulfonamides is 1. The van der Waals surface area contributed by atoms with Gasteiger partial charge in [-0.15, -0.1) is 0 Å². The zero-order valence-corrected chi connectivity index (χ0v) is 12.3. The van der Waals surface area contributed by atoms with Crippen LogP contribution in [0.3, 0.4) is 0 Å². The summed E-state index contributed by atoms with van der Waals surface area (Å²) in [5.41, 5.74) is -1.10. The van der Waals surface area contributed by atoms with Crippen LogP contribution >= 0.6 is 0 Å². The first-order valence-electron chi connectivity index (χ1n) is 6.57. The average molecular weight is 322 g/mol. The predicted molar refractivity (Wildman–Crippen MR) is 73.1 cm³/mol. The Bertz CT molecular complexity index is 602. The van der Waals surface area contributed by atoms with Crippen molar-refractivity contribution >= 4 is 10.0 Å². The minimum atomic E-state index is -4.55. The molecular formula is C13H17F3N2O2S. The van der Waals surface area contributed by atoms with Crippen LogP contribution in [0.1, 0.15) is 18.1 Å². The molecule has 118 valence electrons. The summed E-state index contributed by atoms with van der Waals surface area (Å²) in [6, 6.07) is 4.54. The lowest BCUT2D eigenvalue weighted by atomic mass is 10.1. The van der Waals surface area contributed by atoms with E-state index in [2.05, 4.69) is 5.32 Å². The van der Waals surface area contributed by atoms with Crippen molar-refractivity contribution < 1.29 is 21.6 Å². The van der Waals surface area contributed by atoms with Gasteiger partial charge in [0.2, 0.25) is 10.0 Å². The minimum absolute atomic E-state index is 0.212. The first kappa shape index (κ1) is 16.3. The van der Waals surface area contributed by atoms with Crippen molar-refractivity contribution in [2.75, 3.05) is 19.6 Å². The number of benzene rings is 1. The fourth-order valence-electron chi connectivity index (χ4n) is 2.44. The van der Waals surface area contributed by atoms with Crippen molar-refractivity contribution in [2.24, 2.45) is 0 Å². The summed E-state index contributed by atoms with van der Waals surface area (Å²) in [5.74, 6) is -0.632. The van der Waals surface area contributed by atoms with Crippen molar-refractivity contribution in [2.45, 2.75) is 24.9 Å². The summed E-state index contributed by atoms with van der Waals surface area (Å²) in [4.78, 5) is 0. The van der Waals surface area contributed by atoms with Gasteiger partial charge in [-0.2, -0.15) is 17.5 Å². The van der Waals surface area contributed by atoms with Gasteiger partial charge in [-0.3, -0.25) is 0 Å². The van der Waals surface area contributed by atoms with Gasteiger partial charge in [0, 0.05) is 25.7 Å². The number of nitrogens with zero attached hydrogens (tertiary/aromatic N) is 1. The van der Waals surface area contributed by atoms with Gasteiger partial charge in [-0.1, -0.05) is 18.2 Å². The van der Waals surface area contributed by atoms with Gasteiger partial charge in [0.05, 0.1) is 11.3 Å². The van der Waals surface area contributed by atoms with Crippen molar-refractivity contribution in [1.82, 2.24) is 9.62 Å². The standard InChI is InChI=1S/C13H17F3N2O2S/c1-10-8-17-6-7-18(10)21(19,20)9-11-4-2-3-5-12(11)13(14,15)16/h2-5,10,17H,6-9H2,1H3. The maximum Gasteiger partial charge on any atom is 0.416 e. The van der Waals surface area contributed by atoms with E-state index in [-0.39, 0.29) is 18.2 Å². The normalized spacial score (nSPS) is 21.4. The third-order valence-electron chi connectivity index (χ3n) is 3.46. The largest absolute Gasteiger partial charge is 0.416 e. The number of halogens is 3. The molecule has 0 bridgehead atoms. The second-order valence-corrected chi connectivity index (χ2v) is 7.00. The molecule has 1 saturated heterocycles. The van der Waals surface area contributed by atoms with E-state index in [0.29, 0.717) is 13.1 Å². The lowest BCUT2D eigenvalue weighted by Gasteiger charge is -2.33. The van der Waals surface area contributed by atoms with E-state index in [4.69, 9.17) is 0 Å². The molecule has 1 heterocycles. The summed E-state index contributed by atoms with van der Waals surface area (Å²) in [6.45, 7) is 3.02. The molecule has 0 spiro atoms.